The molecule has 5 heterocycles. The number of aryl methyl sites for hydroxylation is 1. The Kier molecular flexibility index (Phi) is 12.1. The van der Waals surface area contributed by atoms with E-state index < -0.39 is 11.1 Å². The van der Waals surface area contributed by atoms with Gasteiger partial charge in [-0.3, -0.25) is 9.59 Å². The van der Waals surface area contributed by atoms with E-state index in [1.165, 1.54) is 54.3 Å². The van der Waals surface area contributed by atoms with Crippen molar-refractivity contribution >= 4 is 35.0 Å². The van der Waals surface area contributed by atoms with Gasteiger partial charge in [0.05, 0.1) is 13.3 Å². The number of para-hydroxylation sites is 2. The normalized spacial score (nSPS) is 20.8. The number of carbonyl (C=O) groups is 2. The van der Waals surface area contributed by atoms with E-state index >= 15 is 0 Å². The second-order valence-corrected chi connectivity index (χ2v) is 21.5. The molecule has 2 amide bonds. The van der Waals surface area contributed by atoms with Crippen LogP contribution < -0.4 is 20.4 Å². The van der Waals surface area contributed by atoms with Gasteiger partial charge < -0.3 is 30.2 Å². The third-order valence-corrected chi connectivity index (χ3v) is 18.2. The van der Waals surface area contributed by atoms with Gasteiger partial charge in [-0.15, -0.1) is 0 Å². The van der Waals surface area contributed by atoms with E-state index in [2.05, 4.69) is 170 Å². The zero-order chi connectivity index (χ0) is 46.4. The molecule has 0 radical (unpaired) electrons. The Morgan fingerprint density at radius 3 is 1.67 bits per heavy atom. The predicted molar refractivity (Wildman–Crippen MR) is 279 cm³/mol. The van der Waals surface area contributed by atoms with Crippen molar-refractivity contribution in [3.8, 4) is 11.1 Å². The highest BCUT2D eigenvalue weighted by Crippen LogP contribution is 2.49. The average Bonchev–Trinajstić information content (AvgIpc) is 3.82. The minimum absolute atomic E-state index is 0.177. The smallest absolute Gasteiger partial charge is 0.247 e. The number of piperidine rings is 2. The van der Waals surface area contributed by atoms with Crippen LogP contribution in [0.1, 0.15) is 96.6 Å². The van der Waals surface area contributed by atoms with E-state index in [-0.39, 0.29) is 11.8 Å². The van der Waals surface area contributed by atoms with Crippen LogP contribution in [-0.4, -0.2) is 85.3 Å². The fraction of sp³-hybridized carbons (Fsp3) is 0.367. The number of hydrogen-bond acceptors (Lipinski definition) is 7. The Hall–Kier alpha value is -5.87. The molecule has 2 spiro atoms. The minimum Gasteiger partial charge on any atom is -0.339 e. The molecule has 0 aromatic heterocycles. The molecule has 12 rings (SSSR count). The number of amides is 2. The topological polar surface area (TPSA) is 71.2 Å². The van der Waals surface area contributed by atoms with Crippen LogP contribution in [0.5, 0.6) is 0 Å². The zero-order valence-corrected chi connectivity index (χ0v) is 40.6. The predicted octanol–water partition coefficient (Wildman–Crippen LogP) is 10.6. The average molecular weight is 933 g/mol. The van der Waals surface area contributed by atoms with E-state index in [0.29, 0.717) is 25.2 Å². The molecule has 4 saturated heterocycles. The Morgan fingerprint density at radius 1 is 0.493 bits per heavy atom. The molecule has 1 unspecified atom stereocenters. The third-order valence-electron chi connectivity index (χ3n) is 17.0. The van der Waals surface area contributed by atoms with Crippen LogP contribution in [0.4, 0.5) is 11.4 Å². The lowest BCUT2D eigenvalue weighted by Gasteiger charge is -2.44. The first-order valence-electron chi connectivity index (χ1n) is 25.8. The molecule has 9 heteroatoms. The van der Waals surface area contributed by atoms with Gasteiger partial charge in [0.25, 0.3) is 0 Å². The molecule has 352 valence electrons. The second kappa shape index (κ2) is 18.8. The maximum atomic E-state index is 14.2. The van der Waals surface area contributed by atoms with Crippen LogP contribution in [-0.2, 0) is 22.4 Å². The summed E-state index contributed by atoms with van der Waals surface area (Å²) in [7, 11) is 0. The molecule has 6 aliphatic rings. The molecule has 6 aromatic carbocycles. The van der Waals surface area contributed by atoms with E-state index in [1.54, 1.807) is 0 Å². The second-order valence-electron chi connectivity index (χ2n) is 20.4. The van der Waals surface area contributed by atoms with Crippen molar-refractivity contribution in [3.63, 3.8) is 0 Å². The van der Waals surface area contributed by atoms with Gasteiger partial charge in [-0.2, -0.15) is 0 Å². The number of rotatable bonds is 11. The van der Waals surface area contributed by atoms with Crippen molar-refractivity contribution < 1.29 is 9.59 Å². The minimum atomic E-state index is -0.564. The van der Waals surface area contributed by atoms with Crippen LogP contribution in [0.3, 0.4) is 0 Å². The fourth-order valence-corrected chi connectivity index (χ4v) is 14.5. The standard InChI is InChI=1S/C60H64N6O2S/c67-57-59(65(41-61-57)44-16-2-1-3-17-44)31-37-63(38-32-59)35-13-24-46-45-18-5-4-15-43(45)29-30-50-47(46)22-12-23-48(50)51-19-6-9-26-54(51)66-42-62-58(68)60(66)33-39-64(40-34-60)36-14-25-49-52-20-7-10-27-55(52)69-56-28-11-8-21-53(49)56/h1-12,15-23,26-28,46,49H,13-14,24-25,29-42H2,(H,61,67)(H,62,68). The highest BCUT2D eigenvalue weighted by atomic mass is 32.2. The number of carbonyl (C=O) groups excluding carboxylic acids is 2. The summed E-state index contributed by atoms with van der Waals surface area (Å²) in [6, 6.07) is 53.4. The number of likely N-dealkylation sites (tertiary alicyclic amines) is 2. The first kappa shape index (κ1) is 44.3. The SMILES string of the molecule is O=C1NCN(c2ccccc2)C12CCN(CCCC1c3ccccc3CCc3c(-c4ccccc4N4CNC(=O)C45CCN(CCCC4c6ccccc6Sc6ccccc64)CC5)cccc31)CC2. The summed E-state index contributed by atoms with van der Waals surface area (Å²) in [4.78, 5) is 40.3. The molecule has 69 heavy (non-hydrogen) atoms. The van der Waals surface area contributed by atoms with Gasteiger partial charge in [0.15, 0.2) is 0 Å². The van der Waals surface area contributed by atoms with E-state index in [9.17, 15) is 9.59 Å². The van der Waals surface area contributed by atoms with Crippen molar-refractivity contribution in [2.45, 2.75) is 96.9 Å². The maximum absolute atomic E-state index is 14.2. The summed E-state index contributed by atoms with van der Waals surface area (Å²) in [6.07, 6.45) is 9.72. The van der Waals surface area contributed by atoms with E-state index in [1.807, 2.05) is 17.8 Å². The van der Waals surface area contributed by atoms with Crippen molar-refractivity contribution in [2.75, 3.05) is 62.4 Å². The van der Waals surface area contributed by atoms with Gasteiger partial charge in [-0.25, -0.2) is 0 Å². The summed E-state index contributed by atoms with van der Waals surface area (Å²) in [5.41, 5.74) is 12.5. The number of hydrogen-bond donors (Lipinski definition) is 2. The molecule has 0 saturated carbocycles. The summed E-state index contributed by atoms with van der Waals surface area (Å²) < 4.78 is 0. The molecule has 1 aliphatic carbocycles. The van der Waals surface area contributed by atoms with Crippen LogP contribution in [0, 0.1) is 0 Å². The number of nitrogens with zero attached hydrogens (tertiary/aromatic N) is 4. The lowest BCUT2D eigenvalue weighted by molar-refractivity contribution is -0.125. The fourth-order valence-electron chi connectivity index (χ4n) is 13.3. The molecule has 4 fully saturated rings. The van der Waals surface area contributed by atoms with E-state index in [0.717, 1.165) is 115 Å². The van der Waals surface area contributed by atoms with Gasteiger partial charge in [-0.05, 0) is 147 Å². The summed E-state index contributed by atoms with van der Waals surface area (Å²) >= 11 is 1.91. The van der Waals surface area contributed by atoms with Crippen LogP contribution in [0.25, 0.3) is 11.1 Å². The van der Waals surface area contributed by atoms with Gasteiger partial charge in [-0.1, -0.05) is 127 Å². The molecule has 1 atom stereocenters. The zero-order valence-electron chi connectivity index (χ0n) is 39.8. The summed E-state index contributed by atoms with van der Waals surface area (Å²) in [5, 5.41) is 6.51. The number of benzene rings is 6. The lowest BCUT2D eigenvalue weighted by atomic mass is 9.81. The Balaban J connectivity index is 0.746. The van der Waals surface area contributed by atoms with Gasteiger partial charge in [0.1, 0.15) is 11.1 Å². The highest BCUT2D eigenvalue weighted by molar-refractivity contribution is 7.99. The summed E-state index contributed by atoms with van der Waals surface area (Å²) in [6.45, 7) is 6.87. The van der Waals surface area contributed by atoms with Crippen molar-refractivity contribution in [2.24, 2.45) is 0 Å². The Bertz CT molecular complexity index is 2800. The van der Waals surface area contributed by atoms with Gasteiger partial charge >= 0.3 is 0 Å². The largest absolute Gasteiger partial charge is 0.339 e. The number of anilines is 2. The molecule has 6 aromatic rings. The van der Waals surface area contributed by atoms with E-state index in [4.69, 9.17) is 0 Å². The molecule has 2 N–H and O–H groups in total. The number of fused-ring (bicyclic) bond motifs is 4. The third kappa shape index (κ3) is 8.04. The van der Waals surface area contributed by atoms with Crippen LogP contribution in [0.15, 0.2) is 155 Å². The molecule has 0 bridgehead atoms. The summed E-state index contributed by atoms with van der Waals surface area (Å²) in [5.74, 6) is 1.07. The van der Waals surface area contributed by atoms with Crippen LogP contribution in [0.2, 0.25) is 0 Å². The molecular weight excluding hydrogens is 869 g/mol. The monoisotopic (exact) mass is 932 g/mol. The Morgan fingerprint density at radius 2 is 1.00 bits per heavy atom. The van der Waals surface area contributed by atoms with Crippen molar-refractivity contribution in [3.05, 3.63) is 179 Å². The first-order valence-corrected chi connectivity index (χ1v) is 26.6. The molecular formula is C60H64N6O2S. The highest BCUT2D eigenvalue weighted by Gasteiger charge is 2.52. The van der Waals surface area contributed by atoms with Crippen molar-refractivity contribution in [1.82, 2.24) is 20.4 Å². The van der Waals surface area contributed by atoms with Crippen molar-refractivity contribution in [1.29, 1.82) is 0 Å². The first-order chi connectivity index (χ1) is 34.0. The van der Waals surface area contributed by atoms with Crippen LogP contribution >= 0.6 is 11.8 Å². The number of nitrogens with one attached hydrogen (secondary N) is 2. The molecule has 5 aliphatic heterocycles. The maximum Gasteiger partial charge on any atom is 0.247 e. The quantitative estimate of drug-likeness (QED) is 0.134. The molecule has 8 nitrogen and oxygen atoms in total. The Labute approximate surface area is 412 Å². The van der Waals surface area contributed by atoms with Gasteiger partial charge in [0, 0.05) is 64.7 Å². The van der Waals surface area contributed by atoms with Gasteiger partial charge in [0.2, 0.25) is 11.8 Å². The lowest BCUT2D eigenvalue weighted by Crippen LogP contribution is -2.56.